The lowest BCUT2D eigenvalue weighted by Crippen LogP contribution is -2.35. The van der Waals surface area contributed by atoms with E-state index in [0.717, 1.165) is 43.6 Å². The topological polar surface area (TPSA) is 84.5 Å². The van der Waals surface area contributed by atoms with E-state index in [1.54, 1.807) is 6.07 Å². The van der Waals surface area contributed by atoms with Gasteiger partial charge in [-0.15, -0.1) is 5.10 Å². The summed E-state index contributed by atoms with van der Waals surface area (Å²) in [6, 6.07) is 16.2. The van der Waals surface area contributed by atoms with Gasteiger partial charge in [0.15, 0.2) is 5.65 Å². The quantitative estimate of drug-likeness (QED) is 0.513. The maximum absolute atomic E-state index is 13.3. The van der Waals surface area contributed by atoms with Gasteiger partial charge in [0.1, 0.15) is 6.54 Å². The Balaban J connectivity index is 1.28. The third kappa shape index (κ3) is 3.65. The standard InChI is InChI=1S/C26H26N6O2/c1-17-13-23-29-31(16-24(33)28-22-10-9-18-7-4-8-20(18)14-22)26(34)32(23)25(27-17)30-12-11-19-5-2-3-6-21(19)15-30/h2-3,5-6,9-10,13-14H,4,7-8,11-12,15-16H2,1H3,(H,28,33). The van der Waals surface area contributed by atoms with Crippen molar-refractivity contribution in [2.24, 2.45) is 0 Å². The molecule has 0 radical (unpaired) electrons. The predicted molar refractivity (Wildman–Crippen MR) is 130 cm³/mol. The van der Waals surface area contributed by atoms with Gasteiger partial charge in [-0.25, -0.2) is 18.9 Å². The molecule has 8 heteroatoms. The van der Waals surface area contributed by atoms with E-state index in [-0.39, 0.29) is 18.1 Å². The maximum atomic E-state index is 13.3. The fraction of sp³-hybridized carbons (Fsp3) is 0.308. The van der Waals surface area contributed by atoms with Crippen LogP contribution in [0, 0.1) is 6.92 Å². The summed E-state index contributed by atoms with van der Waals surface area (Å²) in [5.74, 6) is 0.293. The van der Waals surface area contributed by atoms with Crippen molar-refractivity contribution in [3.8, 4) is 0 Å². The molecule has 2 aromatic heterocycles. The molecule has 0 atom stereocenters. The zero-order valence-corrected chi connectivity index (χ0v) is 19.1. The van der Waals surface area contributed by atoms with Crippen LogP contribution in [0.4, 0.5) is 11.6 Å². The molecule has 8 nitrogen and oxygen atoms in total. The summed E-state index contributed by atoms with van der Waals surface area (Å²) < 4.78 is 2.74. The number of fused-ring (bicyclic) bond motifs is 3. The molecule has 3 heterocycles. The summed E-state index contributed by atoms with van der Waals surface area (Å²) in [5.41, 5.74) is 6.88. The van der Waals surface area contributed by atoms with E-state index in [1.807, 2.05) is 25.1 Å². The van der Waals surface area contributed by atoms with Gasteiger partial charge in [0.05, 0.1) is 0 Å². The minimum absolute atomic E-state index is 0.154. The number of anilines is 2. The molecule has 6 rings (SSSR count). The number of rotatable bonds is 4. The lowest BCUT2D eigenvalue weighted by molar-refractivity contribution is -0.117. The van der Waals surface area contributed by atoms with Crippen molar-refractivity contribution in [1.82, 2.24) is 19.2 Å². The number of hydrogen-bond acceptors (Lipinski definition) is 5. The number of aryl methyl sites for hydroxylation is 3. The van der Waals surface area contributed by atoms with Gasteiger partial charge < -0.3 is 10.2 Å². The summed E-state index contributed by atoms with van der Waals surface area (Å²) in [5, 5.41) is 7.37. The van der Waals surface area contributed by atoms with E-state index in [1.165, 1.54) is 31.3 Å². The van der Waals surface area contributed by atoms with Crippen LogP contribution in [0.1, 0.15) is 34.4 Å². The number of nitrogens with one attached hydrogen (secondary N) is 1. The number of nitrogens with zero attached hydrogens (tertiary/aromatic N) is 5. The number of carbonyl (C=O) groups is 1. The molecule has 1 aliphatic carbocycles. The fourth-order valence-corrected chi connectivity index (χ4v) is 5.10. The average molecular weight is 455 g/mol. The Morgan fingerprint density at radius 3 is 2.68 bits per heavy atom. The molecule has 0 saturated heterocycles. The molecule has 0 spiro atoms. The van der Waals surface area contributed by atoms with Gasteiger partial charge in [0, 0.05) is 30.5 Å². The second-order valence-electron chi connectivity index (χ2n) is 9.16. The first-order chi connectivity index (χ1) is 16.5. The van der Waals surface area contributed by atoms with Crippen molar-refractivity contribution < 1.29 is 4.79 Å². The molecule has 4 aromatic rings. The highest BCUT2D eigenvalue weighted by atomic mass is 16.2. The molecule has 0 saturated carbocycles. The highest BCUT2D eigenvalue weighted by Crippen LogP contribution is 2.25. The van der Waals surface area contributed by atoms with E-state index < -0.39 is 0 Å². The smallest absolute Gasteiger partial charge is 0.337 e. The molecule has 34 heavy (non-hydrogen) atoms. The average Bonchev–Trinajstić information content (AvgIpc) is 3.42. The normalized spacial score (nSPS) is 14.8. The summed E-state index contributed by atoms with van der Waals surface area (Å²) in [6.07, 6.45) is 4.18. The highest BCUT2D eigenvalue weighted by molar-refractivity contribution is 5.90. The van der Waals surface area contributed by atoms with E-state index in [2.05, 4.69) is 44.6 Å². The van der Waals surface area contributed by atoms with Crippen LogP contribution < -0.4 is 15.9 Å². The SMILES string of the molecule is Cc1cc2nn(CC(=O)Nc3ccc4c(c3)CCC4)c(=O)n2c(N2CCc3ccccc3C2)n1. The number of benzene rings is 2. The molecule has 1 N–H and O–H groups in total. The molecule has 2 aliphatic rings. The van der Waals surface area contributed by atoms with E-state index in [0.29, 0.717) is 18.1 Å². The van der Waals surface area contributed by atoms with Crippen LogP contribution in [0.3, 0.4) is 0 Å². The molecule has 2 aromatic carbocycles. The van der Waals surface area contributed by atoms with Crippen LogP contribution in [0.15, 0.2) is 53.3 Å². The zero-order chi connectivity index (χ0) is 23.2. The van der Waals surface area contributed by atoms with Crippen molar-refractivity contribution in [2.75, 3.05) is 16.8 Å². The first-order valence-electron chi connectivity index (χ1n) is 11.8. The maximum Gasteiger partial charge on any atom is 0.353 e. The van der Waals surface area contributed by atoms with Crippen molar-refractivity contribution in [1.29, 1.82) is 0 Å². The largest absolute Gasteiger partial charge is 0.353 e. The molecule has 0 fully saturated rings. The van der Waals surface area contributed by atoms with Gasteiger partial charge in [-0.1, -0.05) is 30.3 Å². The lowest BCUT2D eigenvalue weighted by atomic mass is 10.0. The molecular weight excluding hydrogens is 428 g/mol. The van der Waals surface area contributed by atoms with E-state index in [4.69, 9.17) is 0 Å². The number of hydrogen-bond donors (Lipinski definition) is 1. The highest BCUT2D eigenvalue weighted by Gasteiger charge is 2.23. The molecular formula is C26H26N6O2. The fourth-order valence-electron chi connectivity index (χ4n) is 5.10. The Hall–Kier alpha value is -3.94. The molecule has 1 aliphatic heterocycles. The van der Waals surface area contributed by atoms with Crippen LogP contribution in [-0.4, -0.2) is 31.6 Å². The van der Waals surface area contributed by atoms with Crippen molar-refractivity contribution in [3.05, 3.63) is 87.0 Å². The Morgan fingerprint density at radius 1 is 1.00 bits per heavy atom. The van der Waals surface area contributed by atoms with Gasteiger partial charge in [-0.3, -0.25) is 4.79 Å². The summed E-state index contributed by atoms with van der Waals surface area (Å²) in [6.45, 7) is 3.18. The second-order valence-corrected chi connectivity index (χ2v) is 9.16. The van der Waals surface area contributed by atoms with Crippen molar-refractivity contribution in [2.45, 2.75) is 45.7 Å². The third-order valence-electron chi connectivity index (χ3n) is 6.77. The Morgan fingerprint density at radius 2 is 1.79 bits per heavy atom. The Bertz CT molecular complexity index is 1480. The van der Waals surface area contributed by atoms with Crippen LogP contribution >= 0.6 is 0 Å². The Labute approximate surface area is 196 Å². The van der Waals surface area contributed by atoms with Crippen molar-refractivity contribution >= 4 is 23.2 Å². The first-order valence-corrected chi connectivity index (χ1v) is 11.8. The van der Waals surface area contributed by atoms with Crippen LogP contribution in [0.2, 0.25) is 0 Å². The summed E-state index contributed by atoms with van der Waals surface area (Å²) >= 11 is 0. The minimum atomic E-state index is -0.361. The predicted octanol–water partition coefficient (Wildman–Crippen LogP) is 2.89. The lowest BCUT2D eigenvalue weighted by Gasteiger charge is -2.29. The monoisotopic (exact) mass is 454 g/mol. The molecule has 0 unspecified atom stereocenters. The summed E-state index contributed by atoms with van der Waals surface area (Å²) in [4.78, 5) is 32.9. The minimum Gasteiger partial charge on any atom is -0.337 e. The van der Waals surface area contributed by atoms with Crippen molar-refractivity contribution in [3.63, 3.8) is 0 Å². The number of amides is 1. The first kappa shape index (κ1) is 20.7. The molecule has 0 bridgehead atoms. The van der Waals surface area contributed by atoms with E-state index in [9.17, 15) is 9.59 Å². The van der Waals surface area contributed by atoms with Gasteiger partial charge >= 0.3 is 5.69 Å². The van der Waals surface area contributed by atoms with Crippen LogP contribution in [0.5, 0.6) is 0 Å². The molecule has 1 amide bonds. The zero-order valence-electron chi connectivity index (χ0n) is 19.1. The molecule has 172 valence electrons. The summed E-state index contributed by atoms with van der Waals surface area (Å²) in [7, 11) is 0. The van der Waals surface area contributed by atoms with Gasteiger partial charge in [-0.2, -0.15) is 0 Å². The van der Waals surface area contributed by atoms with Gasteiger partial charge in [0.2, 0.25) is 11.9 Å². The Kier molecular flexibility index (Phi) is 4.94. The second kappa shape index (κ2) is 8.13. The van der Waals surface area contributed by atoms with Crippen LogP contribution in [0.25, 0.3) is 5.65 Å². The number of aromatic nitrogens is 4. The van der Waals surface area contributed by atoms with Crippen LogP contribution in [-0.2, 0) is 37.1 Å². The third-order valence-corrected chi connectivity index (χ3v) is 6.77. The number of carbonyl (C=O) groups excluding carboxylic acids is 1. The van der Waals surface area contributed by atoms with Gasteiger partial charge in [-0.05, 0) is 67.0 Å². The van der Waals surface area contributed by atoms with E-state index >= 15 is 0 Å². The van der Waals surface area contributed by atoms with Gasteiger partial charge in [0.25, 0.3) is 0 Å².